The smallest absolute Gasteiger partial charge is 0.397 e. The Morgan fingerprint density at radius 3 is 2.65 bits per heavy atom. The zero-order valence-corrected chi connectivity index (χ0v) is 10.9. The highest BCUT2D eigenvalue weighted by atomic mass is 16.5. The molecule has 0 spiro atoms. The summed E-state index contributed by atoms with van der Waals surface area (Å²) in [5.41, 5.74) is 2.16. The third-order valence-electron chi connectivity index (χ3n) is 2.48. The van der Waals surface area contributed by atoms with E-state index in [0.29, 0.717) is 5.69 Å². The lowest BCUT2D eigenvalue weighted by atomic mass is 10.1. The van der Waals surface area contributed by atoms with Crippen molar-refractivity contribution >= 4 is 17.6 Å². The van der Waals surface area contributed by atoms with E-state index in [4.69, 9.17) is 0 Å². The van der Waals surface area contributed by atoms with Crippen LogP contribution in [-0.2, 0) is 14.3 Å². The highest BCUT2D eigenvalue weighted by Crippen LogP contribution is 2.20. The summed E-state index contributed by atoms with van der Waals surface area (Å²) in [6.07, 6.45) is 4.77. The van der Waals surface area contributed by atoms with E-state index in [1.54, 1.807) is 37.5 Å². The van der Waals surface area contributed by atoms with Crippen molar-refractivity contribution in [2.24, 2.45) is 0 Å². The van der Waals surface area contributed by atoms with E-state index >= 15 is 0 Å². The highest BCUT2D eigenvalue weighted by molar-refractivity contribution is 6.37. The molecule has 2 aromatic rings. The minimum Gasteiger partial charge on any atom is -0.459 e. The van der Waals surface area contributed by atoms with Gasteiger partial charge in [0.2, 0.25) is 0 Å². The van der Waals surface area contributed by atoms with Gasteiger partial charge in [0.1, 0.15) is 6.33 Å². The van der Waals surface area contributed by atoms with Crippen LogP contribution in [0.4, 0.5) is 5.69 Å². The van der Waals surface area contributed by atoms with Gasteiger partial charge in [-0.3, -0.25) is 4.79 Å². The first kappa shape index (κ1) is 13.7. The van der Waals surface area contributed by atoms with Crippen molar-refractivity contribution < 1.29 is 14.3 Å². The molecule has 0 fully saturated rings. The second-order valence-electron chi connectivity index (χ2n) is 3.88. The van der Waals surface area contributed by atoms with Gasteiger partial charge in [-0.05, 0) is 24.6 Å². The summed E-state index contributed by atoms with van der Waals surface area (Å²) in [7, 11) is 0. The normalized spacial score (nSPS) is 9.85. The molecule has 0 aliphatic rings. The monoisotopic (exact) mass is 271 g/mol. The number of ether oxygens (including phenoxy) is 1. The lowest BCUT2D eigenvalue weighted by Crippen LogP contribution is -2.24. The molecule has 0 saturated carbocycles. The van der Waals surface area contributed by atoms with Crippen LogP contribution in [-0.4, -0.2) is 28.5 Å². The first-order valence-corrected chi connectivity index (χ1v) is 6.04. The Labute approximate surface area is 115 Å². The molecule has 2 rings (SSSR count). The van der Waals surface area contributed by atoms with Crippen molar-refractivity contribution in [3.63, 3.8) is 0 Å². The van der Waals surface area contributed by atoms with Gasteiger partial charge in [-0.2, -0.15) is 0 Å². The van der Waals surface area contributed by atoms with Crippen molar-refractivity contribution in [1.29, 1.82) is 0 Å². The van der Waals surface area contributed by atoms with E-state index in [9.17, 15) is 9.59 Å². The molecule has 0 bridgehead atoms. The third kappa shape index (κ3) is 3.38. The molecule has 0 unspecified atom stereocenters. The predicted octanol–water partition coefficient (Wildman–Crippen LogP) is 1.65. The number of nitrogens with one attached hydrogen (secondary N) is 1. The van der Waals surface area contributed by atoms with E-state index in [0.717, 1.165) is 11.1 Å². The van der Waals surface area contributed by atoms with Crippen LogP contribution in [0.25, 0.3) is 11.1 Å². The van der Waals surface area contributed by atoms with E-state index in [1.807, 2.05) is 6.07 Å². The molecule has 0 aliphatic carbocycles. The van der Waals surface area contributed by atoms with Gasteiger partial charge in [0.15, 0.2) is 0 Å². The molecule has 0 radical (unpaired) electrons. The highest BCUT2D eigenvalue weighted by Gasteiger charge is 2.14. The maximum atomic E-state index is 11.5. The average Bonchev–Trinajstić information content (AvgIpc) is 2.48. The van der Waals surface area contributed by atoms with E-state index in [1.165, 1.54) is 6.33 Å². The molecule has 0 atom stereocenters. The molecule has 6 heteroatoms. The Morgan fingerprint density at radius 1 is 1.20 bits per heavy atom. The van der Waals surface area contributed by atoms with E-state index in [2.05, 4.69) is 20.0 Å². The second kappa shape index (κ2) is 6.42. The molecule has 20 heavy (non-hydrogen) atoms. The van der Waals surface area contributed by atoms with Crippen molar-refractivity contribution in [3.05, 3.63) is 43.0 Å². The number of rotatable bonds is 3. The summed E-state index contributed by atoms with van der Waals surface area (Å²) < 4.78 is 4.62. The fourth-order valence-corrected chi connectivity index (χ4v) is 1.60. The fourth-order valence-electron chi connectivity index (χ4n) is 1.60. The van der Waals surface area contributed by atoms with Gasteiger partial charge in [-0.25, -0.2) is 14.8 Å². The summed E-state index contributed by atoms with van der Waals surface area (Å²) in [6, 6.07) is 7.04. The van der Waals surface area contributed by atoms with Gasteiger partial charge < -0.3 is 10.1 Å². The maximum absolute atomic E-state index is 11.5. The first-order valence-electron chi connectivity index (χ1n) is 6.04. The second-order valence-corrected chi connectivity index (χ2v) is 3.88. The van der Waals surface area contributed by atoms with Crippen LogP contribution < -0.4 is 5.32 Å². The average molecular weight is 271 g/mol. The molecule has 1 aromatic carbocycles. The largest absolute Gasteiger partial charge is 0.459 e. The van der Waals surface area contributed by atoms with Crippen LogP contribution in [0.15, 0.2) is 43.0 Å². The molecule has 0 saturated heterocycles. The molecular formula is C14H13N3O3. The number of carbonyl (C=O) groups is 2. The molecular weight excluding hydrogens is 258 g/mol. The van der Waals surface area contributed by atoms with Gasteiger partial charge in [-0.15, -0.1) is 0 Å². The Hall–Kier alpha value is -2.76. The summed E-state index contributed by atoms with van der Waals surface area (Å²) in [6.45, 7) is 1.80. The number of benzene rings is 1. The molecule has 1 heterocycles. The Bertz CT molecular complexity index is 614. The van der Waals surface area contributed by atoms with Gasteiger partial charge in [-0.1, -0.05) is 12.1 Å². The van der Waals surface area contributed by atoms with Crippen LogP contribution in [0, 0.1) is 0 Å². The summed E-state index contributed by atoms with van der Waals surface area (Å²) in [5, 5.41) is 2.48. The van der Waals surface area contributed by atoms with Crippen LogP contribution in [0.5, 0.6) is 0 Å². The van der Waals surface area contributed by atoms with E-state index < -0.39 is 11.9 Å². The lowest BCUT2D eigenvalue weighted by molar-refractivity contribution is -0.152. The molecule has 0 aliphatic heterocycles. The third-order valence-corrected chi connectivity index (χ3v) is 2.48. The molecule has 1 aromatic heterocycles. The Kier molecular flexibility index (Phi) is 4.39. The summed E-state index contributed by atoms with van der Waals surface area (Å²) >= 11 is 0. The summed E-state index contributed by atoms with van der Waals surface area (Å²) in [5.74, 6) is -1.70. The van der Waals surface area contributed by atoms with Gasteiger partial charge in [0.05, 0.1) is 6.61 Å². The van der Waals surface area contributed by atoms with Gasteiger partial charge in [0, 0.05) is 23.6 Å². The van der Waals surface area contributed by atoms with Crippen LogP contribution in [0.1, 0.15) is 6.92 Å². The molecule has 1 amide bonds. The zero-order chi connectivity index (χ0) is 14.4. The predicted molar refractivity (Wildman–Crippen MR) is 72.7 cm³/mol. The molecule has 1 N–H and O–H groups in total. The number of hydrogen-bond donors (Lipinski definition) is 1. The minimum atomic E-state index is -0.902. The topological polar surface area (TPSA) is 81.2 Å². The van der Waals surface area contributed by atoms with Crippen molar-refractivity contribution in [3.8, 4) is 11.1 Å². The number of esters is 1. The SMILES string of the molecule is CCOC(=O)C(=O)Nc1cccc(-c2cncnc2)c1. The number of carbonyl (C=O) groups excluding carboxylic acids is 2. The quantitative estimate of drug-likeness (QED) is 0.678. The Balaban J connectivity index is 2.15. The van der Waals surface area contributed by atoms with Gasteiger partial charge >= 0.3 is 11.9 Å². The van der Waals surface area contributed by atoms with Crippen LogP contribution in [0.2, 0.25) is 0 Å². The van der Waals surface area contributed by atoms with E-state index in [-0.39, 0.29) is 6.61 Å². The Morgan fingerprint density at radius 2 is 1.95 bits per heavy atom. The standard InChI is InChI=1S/C14H13N3O3/c1-2-20-14(19)13(18)17-12-5-3-4-10(6-12)11-7-15-9-16-8-11/h3-9H,2H2,1H3,(H,17,18). The van der Waals surface area contributed by atoms with Crippen molar-refractivity contribution in [1.82, 2.24) is 9.97 Å². The first-order chi connectivity index (χ1) is 9.70. The number of amides is 1. The number of anilines is 1. The number of hydrogen-bond acceptors (Lipinski definition) is 5. The molecule has 6 nitrogen and oxygen atoms in total. The minimum absolute atomic E-state index is 0.160. The number of aromatic nitrogens is 2. The summed E-state index contributed by atoms with van der Waals surface area (Å²) in [4.78, 5) is 30.7. The van der Waals surface area contributed by atoms with Crippen LogP contribution >= 0.6 is 0 Å². The van der Waals surface area contributed by atoms with Crippen LogP contribution in [0.3, 0.4) is 0 Å². The lowest BCUT2D eigenvalue weighted by Gasteiger charge is -2.06. The zero-order valence-electron chi connectivity index (χ0n) is 10.9. The van der Waals surface area contributed by atoms with Crippen molar-refractivity contribution in [2.45, 2.75) is 6.92 Å². The van der Waals surface area contributed by atoms with Gasteiger partial charge in [0.25, 0.3) is 0 Å². The van der Waals surface area contributed by atoms with Crippen molar-refractivity contribution in [2.75, 3.05) is 11.9 Å². The number of nitrogens with zero attached hydrogens (tertiary/aromatic N) is 2. The maximum Gasteiger partial charge on any atom is 0.397 e. The molecule has 102 valence electrons. The fraction of sp³-hybridized carbons (Fsp3) is 0.143.